The molecule has 13 nitrogen and oxygen atoms in total. The molecule has 0 spiro atoms. The Labute approximate surface area is 383 Å². The number of hydrogen-bond acceptors (Lipinski definition) is 11. The van der Waals surface area contributed by atoms with Crippen LogP contribution < -0.4 is 25.0 Å². The van der Waals surface area contributed by atoms with E-state index in [0.29, 0.717) is 84.2 Å². The van der Waals surface area contributed by atoms with Crippen LogP contribution in [0, 0.1) is 29.6 Å². The van der Waals surface area contributed by atoms with E-state index in [0.717, 1.165) is 38.4 Å². The first-order valence-electron chi connectivity index (χ1n) is 20.3. The summed E-state index contributed by atoms with van der Waals surface area (Å²) in [7, 11) is 3.61. The molecule has 6 heterocycles. The van der Waals surface area contributed by atoms with Crippen molar-refractivity contribution in [2.24, 2.45) is 49.4 Å². The van der Waals surface area contributed by atoms with Crippen LogP contribution in [0.25, 0.3) is 0 Å². The number of nitrogens with two attached hydrogens (primary N) is 1. The van der Waals surface area contributed by atoms with E-state index in [1.54, 1.807) is 48.4 Å². The molecule has 4 aromatic heterocycles. The van der Waals surface area contributed by atoms with Crippen LogP contribution in [-0.4, -0.2) is 71.7 Å². The van der Waals surface area contributed by atoms with Crippen molar-refractivity contribution >= 4 is 73.7 Å². The summed E-state index contributed by atoms with van der Waals surface area (Å²) >= 11 is 27.1. The van der Waals surface area contributed by atoms with E-state index in [9.17, 15) is 0 Å². The second-order valence-electron chi connectivity index (χ2n) is 16.0. The van der Waals surface area contributed by atoms with E-state index < -0.39 is 0 Å². The normalized spacial score (nSPS) is 22.6. The summed E-state index contributed by atoms with van der Waals surface area (Å²) in [5.74, 6) is 5.32. The molecule has 6 aromatic rings. The molecule has 2 N–H and O–H groups in total. The average Bonchev–Trinajstić information content (AvgIpc) is 3.85. The van der Waals surface area contributed by atoms with E-state index in [1.807, 2.05) is 55.6 Å². The van der Waals surface area contributed by atoms with Crippen molar-refractivity contribution in [2.45, 2.75) is 38.1 Å². The van der Waals surface area contributed by atoms with Crippen LogP contribution in [0.4, 0.5) is 11.4 Å². The Bertz CT molecular complexity index is 2410. The molecule has 2 saturated carbocycles. The minimum atomic E-state index is 0.407. The first-order chi connectivity index (χ1) is 29.4. The number of ether oxygens (including phenoxy) is 2. The second kappa shape index (κ2) is 19.5. The van der Waals surface area contributed by atoms with Gasteiger partial charge in [0, 0.05) is 86.6 Å². The Kier molecular flexibility index (Phi) is 13.9. The molecule has 2 aliphatic heterocycles. The van der Waals surface area contributed by atoms with Gasteiger partial charge in [0.25, 0.3) is 0 Å². The number of benzene rings is 2. The zero-order chi connectivity index (χ0) is 42.6. The Morgan fingerprint density at radius 2 is 1.11 bits per heavy atom. The number of pyridine rings is 2. The lowest BCUT2D eigenvalue weighted by atomic mass is 9.82. The number of nitrogens with zero attached hydrogens (tertiary/aromatic N) is 10. The van der Waals surface area contributed by atoms with Crippen LogP contribution in [0.2, 0.25) is 20.4 Å². The molecule has 18 heteroatoms. The van der Waals surface area contributed by atoms with E-state index >= 15 is 0 Å². The number of fused-ring (bicyclic) bond motifs is 4. The second-order valence-corrected chi connectivity index (χ2v) is 18.3. The summed E-state index contributed by atoms with van der Waals surface area (Å²) in [6.07, 6.45) is 9.50. The molecule has 4 aliphatic rings. The Balaban J connectivity index is 0.000000139. The molecule has 10 rings (SSSR count). The zero-order valence-corrected chi connectivity index (χ0v) is 38.3. The first kappa shape index (κ1) is 43.5. The number of rotatable bonds is 8. The number of hydrogen-bond donors (Lipinski definition) is 1. The smallest absolute Gasteiger partial charge is 0.321 e. The fraction of sp³-hybridized carbons (Fsp3) is 0.395. The highest BCUT2D eigenvalue weighted by atomic mass is 79.9. The van der Waals surface area contributed by atoms with E-state index in [2.05, 4.69) is 55.9 Å². The van der Waals surface area contributed by atoms with Crippen molar-refractivity contribution in [3.63, 3.8) is 0 Å². The highest BCUT2D eigenvalue weighted by molar-refractivity contribution is 9.10. The minimum Gasteiger partial charge on any atom is -0.424 e. The van der Waals surface area contributed by atoms with Gasteiger partial charge in [-0.25, -0.2) is 19.3 Å². The molecule has 4 unspecified atom stereocenters. The summed E-state index contributed by atoms with van der Waals surface area (Å²) in [6, 6.07) is 23.7. The van der Waals surface area contributed by atoms with Gasteiger partial charge >= 0.3 is 12.0 Å². The topological polar surface area (TPSA) is 138 Å². The third-order valence-corrected chi connectivity index (χ3v) is 13.2. The van der Waals surface area contributed by atoms with Crippen molar-refractivity contribution < 1.29 is 9.47 Å². The van der Waals surface area contributed by atoms with Gasteiger partial charge in [-0.3, -0.25) is 0 Å². The summed E-state index contributed by atoms with van der Waals surface area (Å²) < 4.78 is 15.1. The van der Waals surface area contributed by atoms with Crippen LogP contribution >= 0.6 is 62.3 Å². The number of aromatic nitrogens is 8. The largest absolute Gasteiger partial charge is 0.424 e. The number of piperidine rings is 2. The number of aryl methyl sites for hydroxylation is 2. The van der Waals surface area contributed by atoms with Gasteiger partial charge in [-0.15, -0.1) is 5.10 Å². The summed E-state index contributed by atoms with van der Waals surface area (Å²) in [4.78, 5) is 21.7. The van der Waals surface area contributed by atoms with Crippen LogP contribution in [0.3, 0.4) is 0 Å². The highest BCUT2D eigenvalue weighted by Crippen LogP contribution is 2.45. The molecular weight excluding hydrogens is 924 g/mol. The third-order valence-electron chi connectivity index (χ3n) is 12.0. The first-order valence-corrected chi connectivity index (χ1v) is 22.6. The van der Waals surface area contributed by atoms with Gasteiger partial charge in [0.1, 0.15) is 21.8 Å². The lowest BCUT2D eigenvalue weighted by molar-refractivity contribution is 0.265. The van der Waals surface area contributed by atoms with Gasteiger partial charge in [0.05, 0.1) is 0 Å². The molecular formula is C43H46BrCl4N11O2. The molecule has 2 saturated heterocycles. The predicted molar refractivity (Wildman–Crippen MR) is 243 cm³/mol. The van der Waals surface area contributed by atoms with Gasteiger partial charge in [-0.1, -0.05) is 58.5 Å². The van der Waals surface area contributed by atoms with Gasteiger partial charge in [0.2, 0.25) is 4.73 Å². The van der Waals surface area contributed by atoms with Crippen LogP contribution in [0.5, 0.6) is 23.5 Å². The molecule has 2 aromatic carbocycles. The fourth-order valence-corrected chi connectivity index (χ4v) is 10.1. The minimum absolute atomic E-state index is 0.407. The van der Waals surface area contributed by atoms with Crippen molar-refractivity contribution in [3.8, 4) is 23.5 Å². The Morgan fingerprint density at radius 1 is 0.639 bits per heavy atom. The number of anilines is 2. The maximum Gasteiger partial charge on any atom is 0.321 e. The van der Waals surface area contributed by atoms with Crippen LogP contribution in [-0.2, 0) is 20.5 Å². The van der Waals surface area contributed by atoms with Crippen molar-refractivity contribution in [2.75, 3.05) is 36.0 Å². The van der Waals surface area contributed by atoms with Crippen LogP contribution in [0.15, 0.2) is 89.9 Å². The predicted octanol–water partition coefficient (Wildman–Crippen LogP) is 9.95. The van der Waals surface area contributed by atoms with Crippen molar-refractivity contribution in [3.05, 3.63) is 116 Å². The third kappa shape index (κ3) is 10.9. The summed E-state index contributed by atoms with van der Waals surface area (Å²) in [5, 5.41) is 11.0. The Hall–Kier alpha value is -4.18. The van der Waals surface area contributed by atoms with E-state index in [-0.39, 0.29) is 0 Å². The molecule has 0 radical (unpaired) electrons. The van der Waals surface area contributed by atoms with Crippen molar-refractivity contribution in [1.29, 1.82) is 0 Å². The summed E-state index contributed by atoms with van der Waals surface area (Å²) in [5.41, 5.74) is 8.54. The maximum atomic E-state index is 6.19. The molecule has 4 bridgehead atoms. The standard InChI is InChI=1S/C22H23Cl2N5O.C12H16ClN3.C9H7BrClN3O/c1-28-22(30-18-4-2-3-16(23)9-18)26-21(27-28)11-19-14-5-6-15(19)13-29(12-14)17-7-8-25-20(24)10-17;13-11-5-10(3-4-15-11)16-6-8-1-2-9(7-16)12(8)14;1-14-9(12-8(10)13-14)15-7-4-2-3-6(11)5-7/h2-4,7-10,14-15,19H,5-6,11-13H2,1H3;3-5,8-9,12H,1-2,6-7,14H2;2-5H,1H3. The van der Waals surface area contributed by atoms with E-state index in [1.165, 1.54) is 41.7 Å². The molecule has 320 valence electrons. The highest BCUT2D eigenvalue weighted by Gasteiger charge is 2.43. The molecule has 2 aliphatic carbocycles. The zero-order valence-electron chi connectivity index (χ0n) is 33.7. The molecule has 61 heavy (non-hydrogen) atoms. The number of halogens is 5. The SMILES string of the molecule is Cn1nc(Br)nc1Oc1cccc(Cl)c1.Cn1nc(CC2C3CCC2CN(c2ccnc(Cl)c2)C3)nc1Oc1cccc(Cl)c1.NC1C2CCC1CN(c1ccnc(Cl)c1)C2. The molecule has 4 atom stereocenters. The van der Waals surface area contributed by atoms with Crippen LogP contribution in [0.1, 0.15) is 31.5 Å². The average molecular weight is 971 g/mol. The summed E-state index contributed by atoms with van der Waals surface area (Å²) in [6.45, 7) is 4.22. The lowest BCUT2D eigenvalue weighted by Gasteiger charge is -2.39. The van der Waals surface area contributed by atoms with Gasteiger partial charge in [-0.05, 0) is 132 Å². The van der Waals surface area contributed by atoms with Crippen molar-refractivity contribution in [1.82, 2.24) is 39.5 Å². The van der Waals surface area contributed by atoms with Gasteiger partial charge in [-0.2, -0.15) is 15.1 Å². The van der Waals surface area contributed by atoms with Gasteiger partial charge < -0.3 is 25.0 Å². The quantitative estimate of drug-likeness (QED) is 0.146. The monoisotopic (exact) mass is 967 g/mol. The molecule has 0 amide bonds. The lowest BCUT2D eigenvalue weighted by Crippen LogP contribution is -2.48. The van der Waals surface area contributed by atoms with Gasteiger partial charge in [0.15, 0.2) is 5.82 Å². The van der Waals surface area contributed by atoms with E-state index in [4.69, 9.17) is 61.6 Å². The molecule has 4 fully saturated rings. The maximum absolute atomic E-state index is 6.19. The fourth-order valence-electron chi connectivity index (χ4n) is 9.04. The Morgan fingerprint density at radius 3 is 1.59 bits per heavy atom.